The molecule has 1 aromatic carbocycles. The monoisotopic (exact) mass is 415 g/mol. The van der Waals surface area contributed by atoms with Gasteiger partial charge in [-0.1, -0.05) is 30.3 Å². The summed E-state index contributed by atoms with van der Waals surface area (Å²) < 4.78 is 5.33. The summed E-state index contributed by atoms with van der Waals surface area (Å²) in [5, 5.41) is 0.0686. The van der Waals surface area contributed by atoms with E-state index in [1.165, 1.54) is 19.1 Å². The predicted molar refractivity (Wildman–Crippen MR) is 106 cm³/mol. The molecular formula is C19H17N3O6S. The number of aryl methyl sites for hydroxylation is 1. The molecule has 0 aliphatic carbocycles. The predicted octanol–water partition coefficient (Wildman–Crippen LogP) is 1.15. The molecule has 1 atom stereocenters. The molecule has 10 heteroatoms. The maximum atomic E-state index is 13.1. The average Bonchev–Trinajstić information content (AvgIpc) is 3.03. The van der Waals surface area contributed by atoms with Gasteiger partial charge in [0.1, 0.15) is 10.9 Å². The van der Waals surface area contributed by atoms with Gasteiger partial charge in [0.2, 0.25) is 0 Å². The summed E-state index contributed by atoms with van der Waals surface area (Å²) in [7, 11) is 1.14. The number of methoxy groups -OCH3 is 1. The van der Waals surface area contributed by atoms with Gasteiger partial charge in [-0.15, -0.1) is 11.3 Å². The molecule has 29 heavy (non-hydrogen) atoms. The number of hydrogen-bond donors (Lipinski definition) is 2. The molecule has 0 spiro atoms. The Morgan fingerprint density at radius 2 is 1.86 bits per heavy atom. The molecule has 2 aromatic heterocycles. The highest BCUT2D eigenvalue weighted by Crippen LogP contribution is 2.26. The van der Waals surface area contributed by atoms with Crippen molar-refractivity contribution in [3.8, 4) is 0 Å². The number of aromatic nitrogens is 2. The lowest BCUT2D eigenvalue weighted by Gasteiger charge is -2.17. The number of esters is 1. The van der Waals surface area contributed by atoms with Gasteiger partial charge >= 0.3 is 11.7 Å². The molecule has 3 aromatic rings. The van der Waals surface area contributed by atoms with Gasteiger partial charge in [0.25, 0.3) is 11.5 Å². The van der Waals surface area contributed by atoms with E-state index in [2.05, 4.69) is 9.72 Å². The summed E-state index contributed by atoms with van der Waals surface area (Å²) in [4.78, 5) is 65.2. The van der Waals surface area contributed by atoms with E-state index in [0.717, 1.165) is 18.4 Å². The van der Waals surface area contributed by atoms with E-state index in [4.69, 9.17) is 5.73 Å². The van der Waals surface area contributed by atoms with Gasteiger partial charge in [0.15, 0.2) is 5.78 Å². The van der Waals surface area contributed by atoms with Crippen LogP contribution in [0.15, 0.2) is 39.9 Å². The SMILES string of the molecule is COC(=O)CC(C(=O)c1ccccc1)n1c(=O)[nH]c2sc(C(N)=O)c(C)c2c1=O. The van der Waals surface area contributed by atoms with Crippen LogP contribution in [0, 0.1) is 6.92 Å². The van der Waals surface area contributed by atoms with Crippen LogP contribution in [0.4, 0.5) is 0 Å². The van der Waals surface area contributed by atoms with Crippen molar-refractivity contribution in [2.75, 3.05) is 7.11 Å². The van der Waals surface area contributed by atoms with E-state index in [0.29, 0.717) is 10.1 Å². The number of thiophene rings is 1. The van der Waals surface area contributed by atoms with Crippen molar-refractivity contribution in [3.05, 3.63) is 67.2 Å². The number of aromatic amines is 1. The van der Waals surface area contributed by atoms with Crippen molar-refractivity contribution in [1.29, 1.82) is 0 Å². The van der Waals surface area contributed by atoms with Crippen LogP contribution in [0.3, 0.4) is 0 Å². The normalized spacial score (nSPS) is 11.9. The summed E-state index contributed by atoms with van der Waals surface area (Å²) >= 11 is 0.884. The molecule has 3 rings (SSSR count). The molecule has 150 valence electrons. The second kappa shape index (κ2) is 7.84. The Kier molecular flexibility index (Phi) is 5.46. The lowest BCUT2D eigenvalue weighted by Crippen LogP contribution is -2.41. The topological polar surface area (TPSA) is 141 Å². The Hall–Kier alpha value is -3.53. The number of Topliss-reactive ketones (excluding diaryl/α,β-unsaturated/α-hetero) is 1. The third-order valence-corrected chi connectivity index (χ3v) is 5.72. The summed E-state index contributed by atoms with van der Waals surface area (Å²) in [6, 6.07) is 6.58. The number of nitrogens with two attached hydrogens (primary N) is 1. The molecular weight excluding hydrogens is 398 g/mol. The molecule has 1 amide bonds. The highest BCUT2D eigenvalue weighted by atomic mass is 32.1. The van der Waals surface area contributed by atoms with Crippen LogP contribution in [-0.4, -0.2) is 34.3 Å². The zero-order chi connectivity index (χ0) is 21.3. The van der Waals surface area contributed by atoms with E-state index < -0.39 is 41.4 Å². The van der Waals surface area contributed by atoms with Gasteiger partial charge in [-0.3, -0.25) is 24.2 Å². The number of carbonyl (C=O) groups is 3. The molecule has 2 heterocycles. The van der Waals surface area contributed by atoms with Crippen LogP contribution in [0.2, 0.25) is 0 Å². The Labute approximate surface area is 167 Å². The zero-order valence-electron chi connectivity index (χ0n) is 15.6. The first-order valence-corrected chi connectivity index (χ1v) is 9.31. The maximum Gasteiger partial charge on any atom is 0.330 e. The van der Waals surface area contributed by atoms with Crippen molar-refractivity contribution in [2.24, 2.45) is 5.73 Å². The van der Waals surface area contributed by atoms with E-state index in [-0.39, 0.29) is 20.7 Å². The number of H-pyrrole nitrogens is 1. The van der Waals surface area contributed by atoms with Crippen molar-refractivity contribution in [2.45, 2.75) is 19.4 Å². The Morgan fingerprint density at radius 1 is 1.21 bits per heavy atom. The Bertz CT molecular complexity index is 1240. The number of ether oxygens (including phenoxy) is 1. The number of hydrogen-bond acceptors (Lipinski definition) is 7. The smallest absolute Gasteiger partial charge is 0.330 e. The number of nitrogens with zero attached hydrogens (tertiary/aromatic N) is 1. The first-order chi connectivity index (χ1) is 13.8. The lowest BCUT2D eigenvalue weighted by atomic mass is 10.0. The number of amides is 1. The number of fused-ring (bicyclic) bond motifs is 1. The molecule has 0 radical (unpaired) electrons. The Balaban J connectivity index is 2.27. The second-order valence-corrected chi connectivity index (χ2v) is 7.28. The average molecular weight is 415 g/mol. The van der Waals surface area contributed by atoms with Gasteiger partial charge in [-0.2, -0.15) is 0 Å². The summed E-state index contributed by atoms with van der Waals surface area (Å²) in [5.41, 5.74) is 4.19. The number of rotatable bonds is 6. The highest BCUT2D eigenvalue weighted by Gasteiger charge is 2.30. The molecule has 0 aliphatic rings. The highest BCUT2D eigenvalue weighted by molar-refractivity contribution is 7.20. The minimum Gasteiger partial charge on any atom is -0.469 e. The maximum absolute atomic E-state index is 13.1. The third kappa shape index (κ3) is 3.61. The Morgan fingerprint density at radius 3 is 2.45 bits per heavy atom. The molecule has 0 saturated carbocycles. The van der Waals surface area contributed by atoms with Crippen molar-refractivity contribution < 1.29 is 19.1 Å². The molecule has 0 aliphatic heterocycles. The summed E-state index contributed by atoms with van der Waals surface area (Å²) in [6.07, 6.45) is -0.509. The van der Waals surface area contributed by atoms with Crippen LogP contribution < -0.4 is 17.0 Å². The number of ketones is 1. The molecule has 3 N–H and O–H groups in total. The number of nitrogens with one attached hydrogen (secondary N) is 1. The number of carbonyl (C=O) groups excluding carboxylic acids is 3. The molecule has 0 saturated heterocycles. The summed E-state index contributed by atoms with van der Waals surface area (Å²) in [6.45, 7) is 1.53. The van der Waals surface area contributed by atoms with Gasteiger partial charge in [-0.05, 0) is 12.5 Å². The van der Waals surface area contributed by atoms with Crippen molar-refractivity contribution in [3.63, 3.8) is 0 Å². The lowest BCUT2D eigenvalue weighted by molar-refractivity contribution is -0.141. The molecule has 1 unspecified atom stereocenters. The minimum absolute atomic E-state index is 0.0686. The second-order valence-electron chi connectivity index (χ2n) is 6.26. The first kappa shape index (κ1) is 20.2. The van der Waals surface area contributed by atoms with Crippen LogP contribution in [0.1, 0.15) is 38.1 Å². The van der Waals surface area contributed by atoms with Gasteiger partial charge in [0, 0.05) is 5.56 Å². The van der Waals surface area contributed by atoms with Gasteiger partial charge in [0.05, 0.1) is 23.8 Å². The fourth-order valence-electron chi connectivity index (χ4n) is 3.08. The fourth-order valence-corrected chi connectivity index (χ4v) is 4.13. The standard InChI is InChI=1S/C19H17N3O6S/c1-9-13-17(29-15(9)16(20)25)21-19(27)22(18(13)26)11(8-12(23)28-2)14(24)10-6-4-3-5-7-10/h3-7,11H,8H2,1-2H3,(H2,20,25)(H,21,27). The minimum atomic E-state index is -1.41. The molecule has 0 fully saturated rings. The number of benzene rings is 1. The van der Waals surface area contributed by atoms with E-state index >= 15 is 0 Å². The van der Waals surface area contributed by atoms with E-state index in [9.17, 15) is 24.0 Å². The van der Waals surface area contributed by atoms with Crippen molar-refractivity contribution >= 4 is 39.2 Å². The van der Waals surface area contributed by atoms with Crippen LogP contribution >= 0.6 is 11.3 Å². The zero-order valence-corrected chi connectivity index (χ0v) is 16.4. The number of primary amides is 1. The van der Waals surface area contributed by atoms with Crippen LogP contribution in [0.25, 0.3) is 10.2 Å². The van der Waals surface area contributed by atoms with Gasteiger partial charge in [-0.25, -0.2) is 9.36 Å². The quantitative estimate of drug-likeness (QED) is 0.457. The molecule has 0 bridgehead atoms. The van der Waals surface area contributed by atoms with E-state index in [1.807, 2.05) is 0 Å². The third-order valence-electron chi connectivity index (χ3n) is 4.50. The van der Waals surface area contributed by atoms with Crippen LogP contribution in [0.5, 0.6) is 0 Å². The van der Waals surface area contributed by atoms with E-state index in [1.54, 1.807) is 18.2 Å². The molecule has 9 nitrogen and oxygen atoms in total. The fraction of sp³-hybridized carbons (Fsp3) is 0.211. The van der Waals surface area contributed by atoms with Crippen molar-refractivity contribution in [1.82, 2.24) is 9.55 Å². The first-order valence-electron chi connectivity index (χ1n) is 8.50. The summed E-state index contributed by atoms with van der Waals surface area (Å²) in [5.74, 6) is -2.08. The largest absolute Gasteiger partial charge is 0.469 e. The van der Waals surface area contributed by atoms with Gasteiger partial charge < -0.3 is 10.5 Å². The van der Waals surface area contributed by atoms with Crippen LogP contribution in [-0.2, 0) is 9.53 Å².